The number of allylic oxidation sites excluding steroid dienone is 2. The minimum atomic E-state index is -0.702. The number of anilines is 2. The van der Waals surface area contributed by atoms with Gasteiger partial charge in [0.2, 0.25) is 11.8 Å². The van der Waals surface area contributed by atoms with Crippen molar-refractivity contribution in [1.29, 1.82) is 0 Å². The van der Waals surface area contributed by atoms with E-state index in [2.05, 4.69) is 5.32 Å². The normalized spacial score (nSPS) is 24.3. The van der Waals surface area contributed by atoms with Gasteiger partial charge < -0.3 is 10.1 Å². The second-order valence-electron chi connectivity index (χ2n) is 8.82. The monoisotopic (exact) mass is 458 g/mol. The fourth-order valence-electron chi connectivity index (χ4n) is 5.10. The van der Waals surface area contributed by atoms with Crippen molar-refractivity contribution in [3.63, 3.8) is 0 Å². The number of Topliss-reactive ketones (excluding diaryl/α,β-unsaturated/α-hetero) is 1. The number of carbonyl (C=O) groups is 5. The Hall–Kier alpha value is -4.07. The van der Waals surface area contributed by atoms with E-state index in [1.807, 2.05) is 12.2 Å². The average molecular weight is 458 g/mol. The molecule has 0 radical (unpaired) electrons. The summed E-state index contributed by atoms with van der Waals surface area (Å²) in [7, 11) is 0. The molecule has 2 fully saturated rings. The molecule has 0 aromatic heterocycles. The molecule has 8 heteroatoms. The molecule has 1 N–H and O–H groups in total. The number of esters is 1. The van der Waals surface area contributed by atoms with Crippen LogP contribution in [0.25, 0.3) is 0 Å². The molecule has 34 heavy (non-hydrogen) atoms. The smallest absolute Gasteiger partial charge is 0.338 e. The number of nitrogens with zero attached hydrogens (tertiary/aromatic N) is 1. The number of imide groups is 1. The molecule has 3 amide bonds. The molecule has 1 heterocycles. The topological polar surface area (TPSA) is 110 Å². The maximum atomic E-state index is 12.9. The lowest BCUT2D eigenvalue weighted by atomic mass is 9.85. The first-order valence-corrected chi connectivity index (χ1v) is 11.1. The quantitative estimate of drug-likeness (QED) is 0.308. The van der Waals surface area contributed by atoms with E-state index in [1.54, 1.807) is 36.4 Å². The summed E-state index contributed by atoms with van der Waals surface area (Å²) in [6, 6.07) is 12.4. The van der Waals surface area contributed by atoms with Crippen molar-refractivity contribution in [3.8, 4) is 0 Å². The lowest BCUT2D eigenvalue weighted by molar-refractivity contribution is -0.123. The summed E-state index contributed by atoms with van der Waals surface area (Å²) >= 11 is 0. The highest BCUT2D eigenvalue weighted by Gasteiger charge is 2.59. The zero-order valence-corrected chi connectivity index (χ0v) is 18.4. The van der Waals surface area contributed by atoms with Crippen LogP contribution in [0.3, 0.4) is 0 Å². The van der Waals surface area contributed by atoms with Crippen LogP contribution in [0.5, 0.6) is 0 Å². The third kappa shape index (κ3) is 3.71. The minimum Gasteiger partial charge on any atom is -0.452 e. The van der Waals surface area contributed by atoms with E-state index >= 15 is 0 Å². The third-order valence-electron chi connectivity index (χ3n) is 6.74. The highest BCUT2D eigenvalue weighted by molar-refractivity contribution is 6.22. The molecule has 1 saturated carbocycles. The molecule has 172 valence electrons. The van der Waals surface area contributed by atoms with Gasteiger partial charge in [-0.3, -0.25) is 24.1 Å². The van der Waals surface area contributed by atoms with Crippen molar-refractivity contribution in [1.82, 2.24) is 0 Å². The minimum absolute atomic E-state index is 0.0803. The Bertz CT molecular complexity index is 1200. The molecule has 5 rings (SSSR count). The maximum absolute atomic E-state index is 12.9. The number of hydrogen-bond donors (Lipinski definition) is 1. The first-order chi connectivity index (χ1) is 16.3. The zero-order chi connectivity index (χ0) is 24.0. The number of rotatable bonds is 6. The summed E-state index contributed by atoms with van der Waals surface area (Å²) in [6.07, 6.45) is 4.94. The Morgan fingerprint density at radius 1 is 0.882 bits per heavy atom. The van der Waals surface area contributed by atoms with Crippen molar-refractivity contribution in [2.24, 2.45) is 23.7 Å². The summed E-state index contributed by atoms with van der Waals surface area (Å²) in [5.41, 5.74) is 1.62. The fraction of sp³-hybridized carbons (Fsp3) is 0.269. The molecule has 1 saturated heterocycles. The Morgan fingerprint density at radius 3 is 2.00 bits per heavy atom. The Labute approximate surface area is 195 Å². The van der Waals surface area contributed by atoms with Crippen molar-refractivity contribution in [3.05, 3.63) is 71.8 Å². The number of ether oxygens (including phenoxy) is 1. The van der Waals surface area contributed by atoms with Crippen LogP contribution >= 0.6 is 0 Å². The Balaban J connectivity index is 1.17. The van der Waals surface area contributed by atoms with Crippen LogP contribution in [0.1, 0.15) is 34.1 Å². The van der Waals surface area contributed by atoms with E-state index in [-0.39, 0.29) is 46.8 Å². The van der Waals surface area contributed by atoms with Crippen LogP contribution in [0, 0.1) is 23.7 Å². The van der Waals surface area contributed by atoms with Crippen LogP contribution in [0.2, 0.25) is 0 Å². The molecule has 0 unspecified atom stereocenters. The van der Waals surface area contributed by atoms with Crippen LogP contribution in [-0.2, 0) is 19.1 Å². The molecule has 2 aromatic carbocycles. The van der Waals surface area contributed by atoms with Crippen LogP contribution in [0.15, 0.2) is 60.7 Å². The van der Waals surface area contributed by atoms with E-state index < -0.39 is 18.5 Å². The number of benzene rings is 2. The summed E-state index contributed by atoms with van der Waals surface area (Å²) in [4.78, 5) is 62.8. The highest BCUT2D eigenvalue weighted by Crippen LogP contribution is 2.53. The lowest BCUT2D eigenvalue weighted by Crippen LogP contribution is -2.32. The first-order valence-electron chi connectivity index (χ1n) is 11.1. The van der Waals surface area contributed by atoms with Crippen molar-refractivity contribution < 1.29 is 28.7 Å². The molecule has 3 aliphatic rings. The van der Waals surface area contributed by atoms with Crippen molar-refractivity contribution in [2.75, 3.05) is 16.8 Å². The summed E-state index contributed by atoms with van der Waals surface area (Å²) in [5, 5.41) is 2.59. The molecule has 2 aromatic rings. The summed E-state index contributed by atoms with van der Waals surface area (Å²) < 4.78 is 5.07. The van der Waals surface area contributed by atoms with Gasteiger partial charge in [-0.1, -0.05) is 12.2 Å². The fourth-order valence-corrected chi connectivity index (χ4v) is 5.10. The molecule has 8 nitrogen and oxygen atoms in total. The molecule has 0 spiro atoms. The number of amides is 3. The van der Waals surface area contributed by atoms with Gasteiger partial charge in [0.15, 0.2) is 12.4 Å². The van der Waals surface area contributed by atoms with E-state index in [4.69, 9.17) is 4.74 Å². The standard InChI is InChI=1S/C26H22N2O6/c1-14(29)15-4-8-19(9-5-15)27-21(30)13-34-26(33)16-6-10-20(11-7-16)28-24(31)22-17-2-3-18(12-17)23(22)25(28)32/h2-11,17-18,22-23H,12-13H2,1H3,(H,27,30)/t17-,18-,22-,23-/m0/s1. The van der Waals surface area contributed by atoms with Crippen LogP contribution < -0.4 is 10.2 Å². The van der Waals surface area contributed by atoms with Crippen molar-refractivity contribution >= 4 is 40.8 Å². The van der Waals surface area contributed by atoms with Gasteiger partial charge in [0.25, 0.3) is 5.91 Å². The first kappa shape index (κ1) is 21.8. The molecular formula is C26H22N2O6. The largest absolute Gasteiger partial charge is 0.452 e. The molecule has 1 aliphatic heterocycles. The van der Waals surface area contributed by atoms with Gasteiger partial charge in [0.1, 0.15) is 0 Å². The summed E-state index contributed by atoms with van der Waals surface area (Å²) in [6.45, 7) is 0.962. The van der Waals surface area contributed by atoms with Crippen LogP contribution in [0.4, 0.5) is 11.4 Å². The SMILES string of the molecule is CC(=O)c1ccc(NC(=O)COC(=O)c2ccc(N3C(=O)[C@@H]4[C@@H](C3=O)[C@H]3C=C[C@H]4C3)cc2)cc1. The van der Waals surface area contributed by atoms with Gasteiger partial charge >= 0.3 is 5.97 Å². The van der Waals surface area contributed by atoms with Crippen molar-refractivity contribution in [2.45, 2.75) is 13.3 Å². The summed E-state index contributed by atoms with van der Waals surface area (Å²) in [5.74, 6) is -1.99. The van der Waals surface area contributed by atoms with Gasteiger partial charge in [-0.25, -0.2) is 4.79 Å². The lowest BCUT2D eigenvalue weighted by Gasteiger charge is -2.17. The number of hydrogen-bond acceptors (Lipinski definition) is 6. The molecule has 2 aliphatic carbocycles. The zero-order valence-electron chi connectivity index (χ0n) is 18.4. The van der Waals surface area contributed by atoms with E-state index in [0.717, 1.165) is 6.42 Å². The predicted octanol–water partition coefficient (Wildman–Crippen LogP) is 3.00. The van der Waals surface area contributed by atoms with Gasteiger partial charge in [0, 0.05) is 11.3 Å². The number of fused-ring (bicyclic) bond motifs is 5. The van der Waals surface area contributed by atoms with Crippen LogP contribution in [-0.4, -0.2) is 36.1 Å². The van der Waals surface area contributed by atoms with Gasteiger partial charge in [0.05, 0.1) is 23.1 Å². The molecular weight excluding hydrogens is 436 g/mol. The number of nitrogens with one attached hydrogen (secondary N) is 1. The second kappa shape index (κ2) is 8.37. The average Bonchev–Trinajstić information content (AvgIpc) is 3.51. The van der Waals surface area contributed by atoms with E-state index in [0.29, 0.717) is 16.9 Å². The Morgan fingerprint density at radius 2 is 1.44 bits per heavy atom. The van der Waals surface area contributed by atoms with Gasteiger partial charge in [-0.2, -0.15) is 0 Å². The molecule has 2 bridgehead atoms. The van der Waals surface area contributed by atoms with Gasteiger partial charge in [-0.15, -0.1) is 0 Å². The Kier molecular flexibility index (Phi) is 5.36. The third-order valence-corrected chi connectivity index (χ3v) is 6.74. The number of carbonyl (C=O) groups excluding carboxylic acids is 5. The maximum Gasteiger partial charge on any atom is 0.338 e. The number of ketones is 1. The van der Waals surface area contributed by atoms with E-state index in [1.165, 1.54) is 24.0 Å². The highest BCUT2D eigenvalue weighted by atomic mass is 16.5. The van der Waals surface area contributed by atoms with Gasteiger partial charge in [-0.05, 0) is 73.7 Å². The van der Waals surface area contributed by atoms with E-state index in [9.17, 15) is 24.0 Å². The molecule has 4 atom stereocenters. The predicted molar refractivity (Wildman–Crippen MR) is 122 cm³/mol. The second-order valence-corrected chi connectivity index (χ2v) is 8.82.